The van der Waals surface area contributed by atoms with E-state index < -0.39 is 0 Å². The zero-order chi connectivity index (χ0) is 15.6. The molecule has 0 bridgehead atoms. The number of morpholine rings is 1. The van der Waals surface area contributed by atoms with Crippen LogP contribution >= 0.6 is 0 Å². The number of hydrogen-bond acceptors (Lipinski definition) is 4. The first-order chi connectivity index (χ1) is 11.3. The van der Waals surface area contributed by atoms with E-state index in [2.05, 4.69) is 40.0 Å². The van der Waals surface area contributed by atoms with Gasteiger partial charge in [-0.2, -0.15) is 0 Å². The molecule has 4 rings (SSSR count). The number of benzene rings is 1. The predicted octanol–water partition coefficient (Wildman–Crippen LogP) is 3.02. The summed E-state index contributed by atoms with van der Waals surface area (Å²) < 4.78 is 5.43. The van der Waals surface area contributed by atoms with E-state index in [1.165, 1.54) is 11.1 Å². The second-order valence-electron chi connectivity index (χ2n) is 5.91. The Bertz CT molecular complexity index is 793. The van der Waals surface area contributed by atoms with E-state index in [-0.39, 0.29) is 6.04 Å². The van der Waals surface area contributed by atoms with E-state index in [1.807, 2.05) is 24.5 Å². The molecule has 5 nitrogen and oxygen atoms in total. The van der Waals surface area contributed by atoms with Gasteiger partial charge in [0.05, 0.1) is 30.3 Å². The number of hydrogen-bond donors (Lipinski definition) is 1. The van der Waals surface area contributed by atoms with Crippen LogP contribution in [-0.2, 0) is 4.74 Å². The summed E-state index contributed by atoms with van der Waals surface area (Å²) in [6, 6.07) is 10.7. The first-order valence-electron chi connectivity index (χ1n) is 8.03. The molecule has 1 aliphatic rings. The molecule has 1 N–H and O–H groups in total. The Morgan fingerprint density at radius 2 is 1.87 bits per heavy atom. The summed E-state index contributed by atoms with van der Waals surface area (Å²) in [4.78, 5) is 14.7. The highest BCUT2D eigenvalue weighted by atomic mass is 16.5. The van der Waals surface area contributed by atoms with Gasteiger partial charge in [0.15, 0.2) is 0 Å². The fourth-order valence-electron chi connectivity index (χ4n) is 3.09. The van der Waals surface area contributed by atoms with Crippen molar-refractivity contribution in [1.29, 1.82) is 0 Å². The summed E-state index contributed by atoms with van der Waals surface area (Å²) in [6.45, 7) is 5.72. The smallest absolute Gasteiger partial charge is 0.124 e. The minimum atomic E-state index is 0.274. The highest BCUT2D eigenvalue weighted by Crippen LogP contribution is 2.26. The summed E-state index contributed by atoms with van der Waals surface area (Å²) in [7, 11) is 0. The van der Waals surface area contributed by atoms with Crippen molar-refractivity contribution in [3.8, 4) is 11.1 Å². The summed E-state index contributed by atoms with van der Waals surface area (Å²) in [5.74, 6) is 1.02. The van der Waals surface area contributed by atoms with Crippen LogP contribution in [0.2, 0.25) is 0 Å². The highest BCUT2D eigenvalue weighted by Gasteiger charge is 2.21. The number of aromatic amines is 1. The van der Waals surface area contributed by atoms with Crippen molar-refractivity contribution < 1.29 is 4.74 Å². The quantitative estimate of drug-likeness (QED) is 0.808. The zero-order valence-corrected chi connectivity index (χ0v) is 13.2. The molecule has 3 heterocycles. The summed E-state index contributed by atoms with van der Waals surface area (Å²) in [5, 5.41) is 0. The minimum Gasteiger partial charge on any atom is -0.379 e. The normalized spacial score (nSPS) is 17.4. The average Bonchev–Trinajstić information content (AvgIpc) is 3.06. The van der Waals surface area contributed by atoms with Crippen molar-refractivity contribution in [3.63, 3.8) is 0 Å². The topological polar surface area (TPSA) is 54.0 Å². The van der Waals surface area contributed by atoms with Gasteiger partial charge in [-0.25, -0.2) is 4.98 Å². The molecule has 1 unspecified atom stereocenters. The molecule has 2 aromatic heterocycles. The molecule has 0 saturated carbocycles. The molecule has 5 heteroatoms. The molecule has 0 radical (unpaired) electrons. The number of fused-ring (bicyclic) bond motifs is 1. The lowest BCUT2D eigenvalue weighted by Gasteiger charge is -2.31. The van der Waals surface area contributed by atoms with E-state index in [0.29, 0.717) is 0 Å². The molecular formula is C18H20N4O. The lowest BCUT2D eigenvalue weighted by atomic mass is 10.1. The number of imidazole rings is 1. The average molecular weight is 308 g/mol. The molecule has 0 spiro atoms. The van der Waals surface area contributed by atoms with Gasteiger partial charge in [0, 0.05) is 25.5 Å². The van der Waals surface area contributed by atoms with Gasteiger partial charge in [-0.15, -0.1) is 0 Å². The number of nitrogens with one attached hydrogen (secondary N) is 1. The molecule has 1 aromatic carbocycles. The second-order valence-corrected chi connectivity index (χ2v) is 5.91. The second kappa shape index (κ2) is 6.10. The van der Waals surface area contributed by atoms with Gasteiger partial charge in [-0.05, 0) is 42.3 Å². The maximum absolute atomic E-state index is 5.43. The zero-order valence-electron chi connectivity index (χ0n) is 13.2. The molecule has 1 saturated heterocycles. The number of nitrogens with zero attached hydrogens (tertiary/aromatic N) is 3. The van der Waals surface area contributed by atoms with Gasteiger partial charge < -0.3 is 9.72 Å². The maximum Gasteiger partial charge on any atom is 0.124 e. The molecule has 1 atom stereocenters. The first-order valence-corrected chi connectivity index (χ1v) is 8.03. The monoisotopic (exact) mass is 308 g/mol. The van der Waals surface area contributed by atoms with Crippen LogP contribution in [0.25, 0.3) is 22.2 Å². The molecule has 1 aliphatic heterocycles. The Kier molecular flexibility index (Phi) is 3.81. The number of rotatable bonds is 3. The highest BCUT2D eigenvalue weighted by molar-refractivity contribution is 5.81. The third kappa shape index (κ3) is 2.85. The van der Waals surface area contributed by atoms with Gasteiger partial charge in [-0.3, -0.25) is 9.88 Å². The van der Waals surface area contributed by atoms with Crippen molar-refractivity contribution in [2.75, 3.05) is 26.3 Å². The summed E-state index contributed by atoms with van der Waals surface area (Å²) in [6.07, 6.45) is 3.64. The summed E-state index contributed by atoms with van der Waals surface area (Å²) in [5.41, 5.74) is 4.43. The number of ether oxygens (including phenoxy) is 1. The fourth-order valence-corrected chi connectivity index (χ4v) is 3.09. The third-order valence-corrected chi connectivity index (χ3v) is 4.50. The van der Waals surface area contributed by atoms with Crippen LogP contribution in [0.5, 0.6) is 0 Å². The van der Waals surface area contributed by atoms with Gasteiger partial charge in [0.25, 0.3) is 0 Å². The SMILES string of the molecule is CC(c1nc2ccc(-c3ccncc3)cc2[nH]1)N1CCOCC1. The molecule has 0 aliphatic carbocycles. The Morgan fingerprint density at radius 1 is 1.09 bits per heavy atom. The Labute approximate surface area is 135 Å². The van der Waals surface area contributed by atoms with E-state index in [9.17, 15) is 0 Å². The maximum atomic E-state index is 5.43. The third-order valence-electron chi connectivity index (χ3n) is 4.50. The van der Waals surface area contributed by atoms with Crippen LogP contribution in [0.1, 0.15) is 18.8 Å². The van der Waals surface area contributed by atoms with Crippen LogP contribution < -0.4 is 0 Å². The van der Waals surface area contributed by atoms with Crippen LogP contribution in [0.4, 0.5) is 0 Å². The number of aromatic nitrogens is 3. The van der Waals surface area contributed by atoms with Crippen LogP contribution in [-0.4, -0.2) is 46.2 Å². The molecule has 1 fully saturated rings. The van der Waals surface area contributed by atoms with E-state index in [0.717, 1.165) is 43.2 Å². The Morgan fingerprint density at radius 3 is 2.65 bits per heavy atom. The largest absolute Gasteiger partial charge is 0.379 e. The standard InChI is InChI=1S/C18H20N4O/c1-13(22-8-10-23-11-9-22)18-20-16-3-2-15(12-17(16)21-18)14-4-6-19-7-5-14/h2-7,12-13H,8-11H2,1H3,(H,20,21). The van der Waals surface area contributed by atoms with Gasteiger partial charge in [-0.1, -0.05) is 6.07 Å². The lowest BCUT2D eigenvalue weighted by Crippen LogP contribution is -2.38. The molecule has 118 valence electrons. The molecular weight excluding hydrogens is 288 g/mol. The lowest BCUT2D eigenvalue weighted by molar-refractivity contribution is 0.0184. The van der Waals surface area contributed by atoms with Crippen molar-refractivity contribution in [2.24, 2.45) is 0 Å². The number of pyridine rings is 1. The van der Waals surface area contributed by atoms with Gasteiger partial charge in [0.2, 0.25) is 0 Å². The molecule has 3 aromatic rings. The Balaban J connectivity index is 1.65. The predicted molar refractivity (Wildman–Crippen MR) is 90.1 cm³/mol. The van der Waals surface area contributed by atoms with Gasteiger partial charge >= 0.3 is 0 Å². The fraction of sp³-hybridized carbons (Fsp3) is 0.333. The van der Waals surface area contributed by atoms with Crippen LogP contribution in [0.15, 0.2) is 42.7 Å². The van der Waals surface area contributed by atoms with E-state index >= 15 is 0 Å². The van der Waals surface area contributed by atoms with Crippen molar-refractivity contribution in [1.82, 2.24) is 19.9 Å². The van der Waals surface area contributed by atoms with Gasteiger partial charge in [0.1, 0.15) is 5.82 Å². The number of H-pyrrole nitrogens is 1. The summed E-state index contributed by atoms with van der Waals surface area (Å²) >= 11 is 0. The van der Waals surface area contributed by atoms with E-state index in [4.69, 9.17) is 9.72 Å². The minimum absolute atomic E-state index is 0.274. The van der Waals surface area contributed by atoms with Crippen molar-refractivity contribution >= 4 is 11.0 Å². The van der Waals surface area contributed by atoms with Crippen molar-refractivity contribution in [3.05, 3.63) is 48.5 Å². The van der Waals surface area contributed by atoms with Crippen LogP contribution in [0.3, 0.4) is 0 Å². The molecule has 23 heavy (non-hydrogen) atoms. The van der Waals surface area contributed by atoms with Crippen LogP contribution in [0, 0.1) is 0 Å². The van der Waals surface area contributed by atoms with Crippen molar-refractivity contribution in [2.45, 2.75) is 13.0 Å². The molecule has 0 amide bonds. The van der Waals surface area contributed by atoms with E-state index in [1.54, 1.807) is 0 Å². The first kappa shape index (κ1) is 14.4. The Hall–Kier alpha value is -2.24.